The van der Waals surface area contributed by atoms with Crippen LogP contribution in [-0.2, 0) is 14.9 Å². The first kappa shape index (κ1) is 19.0. The number of carbonyl (C=O) groups excluding carboxylic acids is 1. The molecule has 0 amide bonds. The van der Waals surface area contributed by atoms with Crippen LogP contribution in [0.15, 0.2) is 30.3 Å². The van der Waals surface area contributed by atoms with E-state index in [0.717, 1.165) is 12.8 Å². The highest BCUT2D eigenvalue weighted by Gasteiger charge is 2.69. The van der Waals surface area contributed by atoms with Crippen LogP contribution in [0.25, 0.3) is 0 Å². The molecule has 2 nitrogen and oxygen atoms in total. The van der Waals surface area contributed by atoms with Gasteiger partial charge in [-0.3, -0.25) is 4.79 Å². The predicted molar refractivity (Wildman–Crippen MR) is 103 cm³/mol. The lowest BCUT2D eigenvalue weighted by Crippen LogP contribution is -2.44. The average molecular weight is 383 g/mol. The molecule has 2 saturated carbocycles. The Kier molecular flexibility index (Phi) is 4.92. The third-order valence-corrected chi connectivity index (χ3v) is 7.57. The molecule has 0 radical (unpaired) electrons. The zero-order valence-corrected chi connectivity index (χ0v) is 17.0. The standard InChI is InChI=1S/C21H28Cl2O2/c1-14-10-11-16(19(2,3)15-8-6-5-7-9-15)17(12-14)25-18(24)20(4)13-21(20,22)23/h5-9,14,16-17H,10-13H2,1-4H3/t14-,16-,17-,20?/m1/s1. The molecule has 0 aromatic heterocycles. The molecule has 2 fully saturated rings. The fourth-order valence-electron chi connectivity index (χ4n) is 4.26. The average Bonchev–Trinajstić information content (AvgIpc) is 3.08. The van der Waals surface area contributed by atoms with Crippen LogP contribution in [0.1, 0.15) is 58.9 Å². The Bertz CT molecular complexity index is 641. The molecule has 0 aliphatic heterocycles. The molecule has 0 spiro atoms. The summed E-state index contributed by atoms with van der Waals surface area (Å²) in [5.74, 6) is 0.604. The van der Waals surface area contributed by atoms with Gasteiger partial charge in [-0.2, -0.15) is 0 Å². The van der Waals surface area contributed by atoms with Gasteiger partial charge in [-0.25, -0.2) is 0 Å². The number of halogens is 2. The van der Waals surface area contributed by atoms with E-state index in [2.05, 4.69) is 45.0 Å². The Morgan fingerprint density at radius 1 is 1.20 bits per heavy atom. The van der Waals surface area contributed by atoms with Crippen LogP contribution >= 0.6 is 23.2 Å². The number of alkyl halides is 2. The molecule has 0 bridgehead atoms. The van der Waals surface area contributed by atoms with E-state index in [0.29, 0.717) is 12.3 Å². The minimum atomic E-state index is -0.977. The first-order valence-corrected chi connectivity index (χ1v) is 9.98. The summed E-state index contributed by atoms with van der Waals surface area (Å²) in [5.41, 5.74) is 0.464. The van der Waals surface area contributed by atoms with Crippen molar-refractivity contribution < 1.29 is 9.53 Å². The molecule has 2 aliphatic rings. The first-order chi connectivity index (χ1) is 11.6. The van der Waals surface area contributed by atoms with Gasteiger partial charge < -0.3 is 4.74 Å². The maximum atomic E-state index is 12.7. The zero-order chi connectivity index (χ0) is 18.5. The molecule has 0 heterocycles. The van der Waals surface area contributed by atoms with Gasteiger partial charge in [0.15, 0.2) is 0 Å². The van der Waals surface area contributed by atoms with Gasteiger partial charge in [-0.15, -0.1) is 23.2 Å². The number of rotatable bonds is 4. The lowest BCUT2D eigenvalue weighted by atomic mass is 9.64. The van der Waals surface area contributed by atoms with Crippen molar-refractivity contribution in [3.8, 4) is 0 Å². The van der Waals surface area contributed by atoms with Gasteiger partial charge >= 0.3 is 5.97 Å². The molecule has 0 N–H and O–H groups in total. The normalized spacial score (nSPS) is 34.4. The van der Waals surface area contributed by atoms with Gasteiger partial charge in [0.1, 0.15) is 15.9 Å². The smallest absolute Gasteiger partial charge is 0.315 e. The number of hydrogen-bond acceptors (Lipinski definition) is 2. The first-order valence-electron chi connectivity index (χ1n) is 9.22. The summed E-state index contributed by atoms with van der Waals surface area (Å²) < 4.78 is 5.06. The summed E-state index contributed by atoms with van der Waals surface area (Å²) in [6.45, 7) is 8.56. The number of carbonyl (C=O) groups is 1. The van der Waals surface area contributed by atoms with Crippen molar-refractivity contribution in [1.29, 1.82) is 0 Å². The van der Waals surface area contributed by atoms with E-state index in [-0.39, 0.29) is 23.4 Å². The summed E-state index contributed by atoms with van der Waals surface area (Å²) in [4.78, 5) is 12.7. The summed E-state index contributed by atoms with van der Waals surface area (Å²) in [7, 11) is 0. The van der Waals surface area contributed by atoms with Crippen LogP contribution in [-0.4, -0.2) is 16.4 Å². The molecule has 1 aromatic rings. The highest BCUT2D eigenvalue weighted by Crippen LogP contribution is 2.64. The molecular formula is C21H28Cl2O2. The van der Waals surface area contributed by atoms with Gasteiger partial charge in [0.25, 0.3) is 0 Å². The molecule has 0 saturated heterocycles. The molecule has 138 valence electrons. The molecule has 1 unspecified atom stereocenters. The lowest BCUT2D eigenvalue weighted by molar-refractivity contribution is -0.162. The predicted octanol–water partition coefficient (Wildman–Crippen LogP) is 5.90. The van der Waals surface area contributed by atoms with Crippen molar-refractivity contribution in [2.75, 3.05) is 0 Å². The van der Waals surface area contributed by atoms with Crippen LogP contribution in [0.5, 0.6) is 0 Å². The Hall–Kier alpha value is -0.730. The highest BCUT2D eigenvalue weighted by atomic mass is 35.5. The third kappa shape index (κ3) is 3.45. The van der Waals surface area contributed by atoms with Crippen LogP contribution in [0, 0.1) is 17.3 Å². The quantitative estimate of drug-likeness (QED) is 0.478. The van der Waals surface area contributed by atoms with Crippen molar-refractivity contribution in [3.63, 3.8) is 0 Å². The Morgan fingerprint density at radius 3 is 2.36 bits per heavy atom. The molecule has 4 atom stereocenters. The Morgan fingerprint density at radius 2 is 1.80 bits per heavy atom. The van der Waals surface area contributed by atoms with E-state index in [1.54, 1.807) is 6.92 Å². The van der Waals surface area contributed by atoms with Crippen LogP contribution < -0.4 is 0 Å². The molecule has 4 heteroatoms. The van der Waals surface area contributed by atoms with Gasteiger partial charge in [-0.1, -0.05) is 57.5 Å². The second-order valence-corrected chi connectivity index (χ2v) is 10.3. The SMILES string of the molecule is C[C@@H]1CC[C@@H](C(C)(C)c2ccccc2)[C@H](OC(=O)C2(C)CC2(Cl)Cl)C1. The van der Waals surface area contributed by atoms with Gasteiger partial charge in [0.05, 0.1) is 0 Å². The highest BCUT2D eigenvalue weighted by molar-refractivity contribution is 6.53. The molecule has 2 aliphatic carbocycles. The minimum Gasteiger partial charge on any atom is -0.462 e. The summed E-state index contributed by atoms with van der Waals surface area (Å²) in [5, 5.41) is 0. The number of hydrogen-bond donors (Lipinski definition) is 0. The van der Waals surface area contributed by atoms with Gasteiger partial charge in [-0.05, 0) is 36.7 Å². The van der Waals surface area contributed by atoms with E-state index < -0.39 is 9.75 Å². The second kappa shape index (κ2) is 6.46. The van der Waals surface area contributed by atoms with Crippen molar-refractivity contribution in [2.24, 2.45) is 17.3 Å². The third-order valence-electron chi connectivity index (χ3n) is 6.47. The maximum absolute atomic E-state index is 12.7. The zero-order valence-electron chi connectivity index (χ0n) is 15.5. The van der Waals surface area contributed by atoms with Crippen molar-refractivity contribution in [1.82, 2.24) is 0 Å². The Labute approximate surface area is 161 Å². The largest absolute Gasteiger partial charge is 0.462 e. The minimum absolute atomic E-state index is 0.0597. The topological polar surface area (TPSA) is 26.3 Å². The fraction of sp³-hybridized carbons (Fsp3) is 0.667. The van der Waals surface area contributed by atoms with Gasteiger partial charge in [0, 0.05) is 12.3 Å². The lowest BCUT2D eigenvalue weighted by Gasteiger charge is -2.44. The van der Waals surface area contributed by atoms with Gasteiger partial charge in [0.2, 0.25) is 0 Å². The van der Waals surface area contributed by atoms with E-state index >= 15 is 0 Å². The molecule has 3 rings (SSSR count). The van der Waals surface area contributed by atoms with E-state index in [1.165, 1.54) is 12.0 Å². The maximum Gasteiger partial charge on any atom is 0.315 e. The fourth-order valence-corrected chi connectivity index (χ4v) is 4.94. The van der Waals surface area contributed by atoms with E-state index in [9.17, 15) is 4.79 Å². The summed E-state index contributed by atoms with van der Waals surface area (Å²) in [6, 6.07) is 10.5. The number of ether oxygens (including phenoxy) is 1. The van der Waals surface area contributed by atoms with E-state index in [4.69, 9.17) is 27.9 Å². The van der Waals surface area contributed by atoms with Crippen molar-refractivity contribution >= 4 is 29.2 Å². The molecule has 1 aromatic carbocycles. The number of benzene rings is 1. The van der Waals surface area contributed by atoms with Crippen LogP contribution in [0.4, 0.5) is 0 Å². The summed E-state index contributed by atoms with van der Waals surface area (Å²) >= 11 is 12.4. The number of esters is 1. The van der Waals surface area contributed by atoms with E-state index in [1.807, 2.05) is 6.07 Å². The van der Waals surface area contributed by atoms with Crippen molar-refractivity contribution in [3.05, 3.63) is 35.9 Å². The summed E-state index contributed by atoms with van der Waals surface area (Å²) in [6.07, 6.45) is 3.51. The second-order valence-electron chi connectivity index (χ2n) is 8.77. The Balaban J connectivity index is 1.81. The molecule has 25 heavy (non-hydrogen) atoms. The van der Waals surface area contributed by atoms with Crippen LogP contribution in [0.2, 0.25) is 0 Å². The van der Waals surface area contributed by atoms with Crippen LogP contribution in [0.3, 0.4) is 0 Å². The monoisotopic (exact) mass is 382 g/mol. The van der Waals surface area contributed by atoms with Crippen molar-refractivity contribution in [2.45, 2.75) is 69.2 Å². The molecular weight excluding hydrogens is 355 g/mol.